The summed E-state index contributed by atoms with van der Waals surface area (Å²) < 4.78 is 0. The molecule has 2 heteroatoms. The summed E-state index contributed by atoms with van der Waals surface area (Å²) in [6.07, 6.45) is 12.3. The lowest BCUT2D eigenvalue weighted by Crippen LogP contribution is -2.56. The molecule has 0 spiro atoms. The minimum Gasteiger partial charge on any atom is -0.329 e. The van der Waals surface area contributed by atoms with Gasteiger partial charge in [0.1, 0.15) is 0 Å². The molecule has 0 radical (unpaired) electrons. The Labute approximate surface area is 121 Å². The Kier molecular flexibility index (Phi) is 8.01. The third-order valence-corrected chi connectivity index (χ3v) is 5.03. The van der Waals surface area contributed by atoms with Crippen LogP contribution in [0.15, 0.2) is 0 Å². The smallest absolute Gasteiger partial charge is 0.0334 e. The van der Waals surface area contributed by atoms with Crippen LogP contribution in [0.25, 0.3) is 0 Å². The van der Waals surface area contributed by atoms with Crippen molar-refractivity contribution >= 4 is 0 Å². The molecule has 2 unspecified atom stereocenters. The van der Waals surface area contributed by atoms with Crippen LogP contribution in [0.4, 0.5) is 0 Å². The summed E-state index contributed by atoms with van der Waals surface area (Å²) in [6, 6.07) is 0. The van der Waals surface area contributed by atoms with Gasteiger partial charge in [-0.15, -0.1) is 0 Å². The van der Waals surface area contributed by atoms with Crippen molar-refractivity contribution in [2.45, 2.75) is 84.1 Å². The molecule has 0 heterocycles. The van der Waals surface area contributed by atoms with Crippen molar-refractivity contribution in [3.05, 3.63) is 0 Å². The molecule has 0 saturated heterocycles. The molecule has 0 aromatic heterocycles. The van der Waals surface area contributed by atoms with Crippen LogP contribution in [0.2, 0.25) is 0 Å². The van der Waals surface area contributed by atoms with Crippen LogP contribution in [-0.2, 0) is 0 Å². The average molecular weight is 268 g/mol. The Balaban J connectivity index is 2.45. The van der Waals surface area contributed by atoms with Gasteiger partial charge in [0.15, 0.2) is 0 Å². The second-order valence-corrected chi connectivity index (χ2v) is 6.62. The van der Waals surface area contributed by atoms with Gasteiger partial charge in [0.25, 0.3) is 0 Å². The highest BCUT2D eigenvalue weighted by Gasteiger charge is 2.37. The molecule has 2 N–H and O–H groups in total. The molecule has 0 bridgehead atoms. The third kappa shape index (κ3) is 5.07. The van der Waals surface area contributed by atoms with Crippen LogP contribution in [0, 0.1) is 5.92 Å². The van der Waals surface area contributed by atoms with E-state index in [-0.39, 0.29) is 0 Å². The van der Waals surface area contributed by atoms with Gasteiger partial charge in [-0.25, -0.2) is 0 Å². The largest absolute Gasteiger partial charge is 0.329 e. The maximum absolute atomic E-state index is 6.19. The minimum atomic E-state index is 0.317. The number of nitrogens with two attached hydrogens (primary N) is 1. The second kappa shape index (κ2) is 8.97. The molecular weight excluding hydrogens is 232 g/mol. The zero-order valence-corrected chi connectivity index (χ0v) is 13.6. The highest BCUT2D eigenvalue weighted by molar-refractivity contribution is 4.95. The number of rotatable bonds is 9. The summed E-state index contributed by atoms with van der Waals surface area (Å²) in [6.45, 7) is 10.3. The van der Waals surface area contributed by atoms with Crippen molar-refractivity contribution in [2.24, 2.45) is 11.7 Å². The zero-order valence-electron chi connectivity index (χ0n) is 13.6. The summed E-state index contributed by atoms with van der Waals surface area (Å²) in [5, 5.41) is 0. The summed E-state index contributed by atoms with van der Waals surface area (Å²) in [4.78, 5) is 2.70. The van der Waals surface area contributed by atoms with Crippen LogP contribution in [0.5, 0.6) is 0 Å². The lowest BCUT2D eigenvalue weighted by Gasteiger charge is -2.47. The first-order valence-electron chi connectivity index (χ1n) is 8.63. The summed E-state index contributed by atoms with van der Waals surface area (Å²) >= 11 is 0. The average Bonchev–Trinajstić information content (AvgIpc) is 2.42. The number of nitrogens with zero attached hydrogens (tertiary/aromatic N) is 1. The predicted octanol–water partition coefficient (Wildman–Crippen LogP) is 4.19. The molecule has 19 heavy (non-hydrogen) atoms. The highest BCUT2D eigenvalue weighted by Crippen LogP contribution is 2.36. The molecule has 1 rings (SSSR count). The first-order chi connectivity index (χ1) is 9.18. The fourth-order valence-corrected chi connectivity index (χ4v) is 3.87. The maximum atomic E-state index is 6.19. The van der Waals surface area contributed by atoms with Gasteiger partial charge in [-0.3, -0.25) is 4.90 Å². The molecule has 114 valence electrons. The Morgan fingerprint density at radius 2 is 1.89 bits per heavy atom. The van der Waals surface area contributed by atoms with E-state index in [0.717, 1.165) is 19.0 Å². The van der Waals surface area contributed by atoms with E-state index >= 15 is 0 Å². The van der Waals surface area contributed by atoms with Gasteiger partial charge in [-0.1, -0.05) is 59.3 Å². The first-order valence-corrected chi connectivity index (χ1v) is 8.63. The van der Waals surface area contributed by atoms with E-state index in [2.05, 4.69) is 25.7 Å². The number of likely N-dealkylation sites (N-methyl/N-ethyl adjacent to an activating group) is 1. The molecule has 0 amide bonds. The Hall–Kier alpha value is -0.0800. The van der Waals surface area contributed by atoms with E-state index < -0.39 is 0 Å². The number of unbranched alkanes of at least 4 members (excludes halogenated alkanes) is 4. The lowest BCUT2D eigenvalue weighted by atomic mass is 9.75. The van der Waals surface area contributed by atoms with Gasteiger partial charge in [-0.05, 0) is 38.3 Å². The fraction of sp³-hybridized carbons (Fsp3) is 1.00. The third-order valence-electron chi connectivity index (χ3n) is 5.03. The first kappa shape index (κ1) is 17.0. The van der Waals surface area contributed by atoms with Crippen LogP contribution in [-0.4, -0.2) is 30.1 Å². The molecule has 2 nitrogen and oxygen atoms in total. The van der Waals surface area contributed by atoms with Gasteiger partial charge in [0, 0.05) is 12.1 Å². The van der Waals surface area contributed by atoms with E-state index in [9.17, 15) is 0 Å². The van der Waals surface area contributed by atoms with Crippen molar-refractivity contribution in [1.29, 1.82) is 0 Å². The van der Waals surface area contributed by atoms with E-state index in [1.807, 2.05) is 0 Å². The summed E-state index contributed by atoms with van der Waals surface area (Å²) in [7, 11) is 0. The van der Waals surface area contributed by atoms with Gasteiger partial charge in [0.2, 0.25) is 0 Å². The van der Waals surface area contributed by atoms with Crippen LogP contribution < -0.4 is 5.73 Å². The highest BCUT2D eigenvalue weighted by atomic mass is 15.2. The van der Waals surface area contributed by atoms with E-state index in [4.69, 9.17) is 5.73 Å². The quantitative estimate of drug-likeness (QED) is 0.635. The monoisotopic (exact) mass is 268 g/mol. The number of hydrogen-bond acceptors (Lipinski definition) is 2. The second-order valence-electron chi connectivity index (χ2n) is 6.62. The molecule has 1 aliphatic rings. The molecule has 0 aromatic rings. The van der Waals surface area contributed by atoms with Crippen molar-refractivity contribution in [2.75, 3.05) is 19.6 Å². The Bertz CT molecular complexity index is 229. The van der Waals surface area contributed by atoms with E-state index in [0.29, 0.717) is 5.54 Å². The molecule has 0 aliphatic heterocycles. The van der Waals surface area contributed by atoms with Crippen molar-refractivity contribution in [1.82, 2.24) is 4.90 Å². The van der Waals surface area contributed by atoms with Crippen LogP contribution in [0.3, 0.4) is 0 Å². The molecular formula is C17H36N2. The lowest BCUT2D eigenvalue weighted by molar-refractivity contribution is 0.0418. The van der Waals surface area contributed by atoms with Crippen molar-refractivity contribution in [3.8, 4) is 0 Å². The standard InChI is InChI=1S/C17H36N2/c1-4-6-7-8-9-13-19(5-2)17(15-18)12-10-11-16(3)14-17/h16H,4-15,18H2,1-3H3. The van der Waals surface area contributed by atoms with Crippen LogP contribution >= 0.6 is 0 Å². The van der Waals surface area contributed by atoms with Crippen molar-refractivity contribution in [3.63, 3.8) is 0 Å². The molecule has 1 saturated carbocycles. The minimum absolute atomic E-state index is 0.317. The zero-order chi connectivity index (χ0) is 14.1. The van der Waals surface area contributed by atoms with Crippen LogP contribution in [0.1, 0.15) is 78.6 Å². The Morgan fingerprint density at radius 1 is 1.16 bits per heavy atom. The normalized spacial score (nSPS) is 27.9. The molecule has 0 aromatic carbocycles. The van der Waals surface area contributed by atoms with Crippen molar-refractivity contribution < 1.29 is 0 Å². The van der Waals surface area contributed by atoms with Gasteiger partial charge < -0.3 is 5.73 Å². The van der Waals surface area contributed by atoms with Gasteiger partial charge >= 0.3 is 0 Å². The molecule has 2 atom stereocenters. The Morgan fingerprint density at radius 3 is 2.47 bits per heavy atom. The van der Waals surface area contributed by atoms with Gasteiger partial charge in [0.05, 0.1) is 0 Å². The van der Waals surface area contributed by atoms with E-state index in [1.54, 1.807) is 0 Å². The molecule has 1 fully saturated rings. The van der Waals surface area contributed by atoms with Gasteiger partial charge in [-0.2, -0.15) is 0 Å². The summed E-state index contributed by atoms with van der Waals surface area (Å²) in [5.74, 6) is 0.853. The molecule has 1 aliphatic carbocycles. The summed E-state index contributed by atoms with van der Waals surface area (Å²) in [5.41, 5.74) is 6.50. The fourth-order valence-electron chi connectivity index (χ4n) is 3.87. The topological polar surface area (TPSA) is 29.3 Å². The van der Waals surface area contributed by atoms with E-state index in [1.165, 1.54) is 64.3 Å². The number of hydrogen-bond donors (Lipinski definition) is 1. The predicted molar refractivity (Wildman–Crippen MR) is 85.4 cm³/mol. The SMILES string of the molecule is CCCCCCCN(CC)C1(CN)CCCC(C)C1. The maximum Gasteiger partial charge on any atom is 0.0334 e.